The fraction of sp³-hybridized carbons (Fsp3) is 0.938. The number of rotatable bonds is 6. The molecule has 1 saturated heterocycles. The third kappa shape index (κ3) is 8.54. The Balaban J connectivity index is 2.13. The highest BCUT2D eigenvalue weighted by molar-refractivity contribution is 5.76. The van der Waals surface area contributed by atoms with Gasteiger partial charge in [-0.15, -0.1) is 0 Å². The Hall–Kier alpha value is -0.610. The van der Waals surface area contributed by atoms with E-state index in [0.29, 0.717) is 6.42 Å². The van der Waals surface area contributed by atoms with Crippen molar-refractivity contribution < 1.29 is 4.79 Å². The second-order valence-electron chi connectivity index (χ2n) is 7.33. The number of amides is 1. The van der Waals surface area contributed by atoms with E-state index in [0.717, 1.165) is 19.5 Å². The standard InChI is InChI=1S/C16H33N3O/c1-16(2,3)13-14(17)12-15(20)18-8-11-19-9-6-4-5-7-10-19/h14H,4-13,17H2,1-3H3,(H,18,20). The normalized spacial score (nSPS) is 19.4. The minimum absolute atomic E-state index is 0.0341. The summed E-state index contributed by atoms with van der Waals surface area (Å²) in [4.78, 5) is 14.3. The Morgan fingerprint density at radius 1 is 1.20 bits per heavy atom. The third-order valence-corrected chi connectivity index (χ3v) is 3.77. The molecule has 0 bridgehead atoms. The van der Waals surface area contributed by atoms with Gasteiger partial charge in [0.05, 0.1) is 0 Å². The van der Waals surface area contributed by atoms with Crippen molar-refractivity contribution in [1.82, 2.24) is 10.2 Å². The van der Waals surface area contributed by atoms with Crippen molar-refractivity contribution in [2.45, 2.75) is 65.3 Å². The lowest BCUT2D eigenvalue weighted by molar-refractivity contribution is -0.121. The second kappa shape index (κ2) is 8.63. The molecule has 1 rings (SSSR count). The van der Waals surface area contributed by atoms with Gasteiger partial charge in [0.1, 0.15) is 0 Å². The zero-order valence-electron chi connectivity index (χ0n) is 13.6. The summed E-state index contributed by atoms with van der Waals surface area (Å²) in [7, 11) is 0. The van der Waals surface area contributed by atoms with Crippen LogP contribution < -0.4 is 11.1 Å². The molecule has 1 aliphatic rings. The summed E-state index contributed by atoms with van der Waals surface area (Å²) in [5, 5.41) is 3.01. The van der Waals surface area contributed by atoms with Crippen LogP contribution in [-0.4, -0.2) is 43.0 Å². The number of nitrogens with one attached hydrogen (secondary N) is 1. The van der Waals surface area contributed by atoms with Crippen molar-refractivity contribution in [3.05, 3.63) is 0 Å². The molecule has 4 nitrogen and oxygen atoms in total. The summed E-state index contributed by atoms with van der Waals surface area (Å²) in [6, 6.07) is -0.0341. The third-order valence-electron chi connectivity index (χ3n) is 3.77. The Morgan fingerprint density at radius 3 is 2.35 bits per heavy atom. The number of nitrogens with two attached hydrogens (primary N) is 1. The van der Waals surface area contributed by atoms with Gasteiger partial charge in [-0.2, -0.15) is 0 Å². The largest absolute Gasteiger partial charge is 0.355 e. The van der Waals surface area contributed by atoms with Gasteiger partial charge in [-0.25, -0.2) is 0 Å². The number of nitrogens with zero attached hydrogens (tertiary/aromatic N) is 1. The first-order valence-electron chi connectivity index (χ1n) is 8.11. The lowest BCUT2D eigenvalue weighted by Crippen LogP contribution is -2.38. The number of hydrogen-bond donors (Lipinski definition) is 2. The lowest BCUT2D eigenvalue weighted by atomic mass is 9.87. The van der Waals surface area contributed by atoms with E-state index in [1.165, 1.54) is 38.8 Å². The highest BCUT2D eigenvalue weighted by Gasteiger charge is 2.18. The van der Waals surface area contributed by atoms with E-state index in [9.17, 15) is 4.79 Å². The topological polar surface area (TPSA) is 58.4 Å². The molecule has 0 spiro atoms. The van der Waals surface area contributed by atoms with Gasteiger partial charge in [0, 0.05) is 25.6 Å². The van der Waals surface area contributed by atoms with Crippen LogP contribution in [0.1, 0.15) is 59.3 Å². The van der Waals surface area contributed by atoms with Gasteiger partial charge in [0.15, 0.2) is 0 Å². The van der Waals surface area contributed by atoms with Gasteiger partial charge >= 0.3 is 0 Å². The molecule has 0 aromatic rings. The zero-order chi connectivity index (χ0) is 15.0. The van der Waals surface area contributed by atoms with E-state index < -0.39 is 0 Å². The molecule has 1 fully saturated rings. The molecule has 1 atom stereocenters. The first-order chi connectivity index (χ1) is 9.37. The summed E-state index contributed by atoms with van der Waals surface area (Å²) in [6.45, 7) is 10.6. The van der Waals surface area contributed by atoms with Gasteiger partial charge in [0.2, 0.25) is 5.91 Å². The van der Waals surface area contributed by atoms with Crippen LogP contribution >= 0.6 is 0 Å². The Kier molecular flexibility index (Phi) is 7.52. The van der Waals surface area contributed by atoms with E-state index in [-0.39, 0.29) is 17.4 Å². The van der Waals surface area contributed by atoms with Crippen LogP contribution in [0.3, 0.4) is 0 Å². The smallest absolute Gasteiger partial charge is 0.221 e. The van der Waals surface area contributed by atoms with Crippen molar-refractivity contribution in [3.8, 4) is 0 Å². The first kappa shape index (κ1) is 17.4. The van der Waals surface area contributed by atoms with E-state index in [1.807, 2.05) is 0 Å². The zero-order valence-corrected chi connectivity index (χ0v) is 13.6. The van der Waals surface area contributed by atoms with Crippen LogP contribution in [-0.2, 0) is 4.79 Å². The molecule has 1 unspecified atom stereocenters. The molecular formula is C16H33N3O. The fourth-order valence-corrected chi connectivity index (χ4v) is 2.88. The Morgan fingerprint density at radius 2 is 1.80 bits per heavy atom. The SMILES string of the molecule is CC(C)(C)CC(N)CC(=O)NCCN1CCCCCC1. The number of carbonyl (C=O) groups is 1. The molecule has 1 aliphatic heterocycles. The second-order valence-corrected chi connectivity index (χ2v) is 7.33. The number of hydrogen-bond acceptors (Lipinski definition) is 3. The van der Waals surface area contributed by atoms with Crippen molar-refractivity contribution in [2.24, 2.45) is 11.1 Å². The minimum Gasteiger partial charge on any atom is -0.355 e. The summed E-state index contributed by atoms with van der Waals surface area (Å²) in [6.07, 6.45) is 6.62. The minimum atomic E-state index is -0.0341. The van der Waals surface area contributed by atoms with Gasteiger partial charge in [0.25, 0.3) is 0 Å². The van der Waals surface area contributed by atoms with Gasteiger partial charge in [-0.3, -0.25) is 4.79 Å². The first-order valence-corrected chi connectivity index (χ1v) is 8.11. The van der Waals surface area contributed by atoms with Crippen LogP contribution in [0.2, 0.25) is 0 Å². The van der Waals surface area contributed by atoms with Crippen LogP contribution in [0.4, 0.5) is 0 Å². The van der Waals surface area contributed by atoms with E-state index in [1.54, 1.807) is 0 Å². The van der Waals surface area contributed by atoms with Crippen LogP contribution in [0, 0.1) is 5.41 Å². The maximum Gasteiger partial charge on any atom is 0.221 e. The van der Waals surface area contributed by atoms with Crippen molar-refractivity contribution in [1.29, 1.82) is 0 Å². The Labute approximate surface area is 124 Å². The monoisotopic (exact) mass is 283 g/mol. The average molecular weight is 283 g/mol. The van der Waals surface area contributed by atoms with Crippen LogP contribution in [0.25, 0.3) is 0 Å². The van der Waals surface area contributed by atoms with E-state index >= 15 is 0 Å². The molecule has 0 saturated carbocycles. The van der Waals surface area contributed by atoms with E-state index in [4.69, 9.17) is 5.73 Å². The number of likely N-dealkylation sites (tertiary alicyclic amines) is 1. The van der Waals surface area contributed by atoms with Crippen LogP contribution in [0.5, 0.6) is 0 Å². The predicted molar refractivity (Wildman–Crippen MR) is 84.6 cm³/mol. The molecule has 0 aliphatic carbocycles. The quantitative estimate of drug-likeness (QED) is 0.785. The summed E-state index contributed by atoms with van der Waals surface area (Å²) in [5.74, 6) is 0.0940. The van der Waals surface area contributed by atoms with Crippen LogP contribution in [0.15, 0.2) is 0 Å². The molecule has 0 radical (unpaired) electrons. The van der Waals surface area contributed by atoms with Crippen molar-refractivity contribution in [2.75, 3.05) is 26.2 Å². The molecule has 20 heavy (non-hydrogen) atoms. The average Bonchev–Trinajstić information content (AvgIpc) is 2.54. The Bertz CT molecular complexity index is 278. The molecule has 4 heteroatoms. The summed E-state index contributed by atoms with van der Waals surface area (Å²) >= 11 is 0. The highest BCUT2D eigenvalue weighted by atomic mass is 16.1. The molecule has 1 heterocycles. The molecular weight excluding hydrogens is 250 g/mol. The lowest BCUT2D eigenvalue weighted by Gasteiger charge is -2.23. The summed E-state index contributed by atoms with van der Waals surface area (Å²) < 4.78 is 0. The van der Waals surface area contributed by atoms with E-state index in [2.05, 4.69) is 31.0 Å². The van der Waals surface area contributed by atoms with Gasteiger partial charge in [-0.05, 0) is 37.8 Å². The molecule has 1 amide bonds. The number of carbonyl (C=O) groups excluding carboxylic acids is 1. The molecule has 0 aromatic carbocycles. The molecule has 0 aromatic heterocycles. The van der Waals surface area contributed by atoms with Crippen molar-refractivity contribution in [3.63, 3.8) is 0 Å². The maximum absolute atomic E-state index is 11.8. The molecule has 118 valence electrons. The summed E-state index contributed by atoms with van der Waals surface area (Å²) in [5.41, 5.74) is 6.21. The molecule has 3 N–H and O–H groups in total. The fourth-order valence-electron chi connectivity index (χ4n) is 2.88. The highest BCUT2D eigenvalue weighted by Crippen LogP contribution is 2.20. The van der Waals surface area contributed by atoms with Crippen molar-refractivity contribution >= 4 is 5.91 Å². The van der Waals surface area contributed by atoms with Gasteiger partial charge < -0.3 is 16.0 Å². The predicted octanol–water partition coefficient (Wildman–Crippen LogP) is 2.13. The van der Waals surface area contributed by atoms with Gasteiger partial charge in [-0.1, -0.05) is 33.6 Å². The maximum atomic E-state index is 11.8.